The molecule has 1 aromatic carbocycles. The Hall–Kier alpha value is -4.08. The van der Waals surface area contributed by atoms with Gasteiger partial charge in [0.1, 0.15) is 12.1 Å². The summed E-state index contributed by atoms with van der Waals surface area (Å²) >= 11 is 0. The third-order valence-electron chi connectivity index (χ3n) is 3.39. The number of nitrogens with one attached hydrogen (secondary N) is 1. The molecule has 3 rings (SSSR count). The number of nitrogens with zero attached hydrogens (tertiary/aromatic N) is 4. The van der Waals surface area contributed by atoms with Gasteiger partial charge < -0.3 is 14.8 Å². The lowest BCUT2D eigenvalue weighted by Gasteiger charge is -2.09. The third kappa shape index (κ3) is 4.12. The van der Waals surface area contributed by atoms with Crippen LogP contribution < -0.4 is 10.1 Å². The van der Waals surface area contributed by atoms with Gasteiger partial charge in [-0.2, -0.15) is 4.98 Å². The lowest BCUT2D eigenvalue weighted by Crippen LogP contribution is -2.04. The summed E-state index contributed by atoms with van der Waals surface area (Å²) in [5, 5.41) is 14.4. The molecule has 0 unspecified atom stereocenters. The van der Waals surface area contributed by atoms with E-state index >= 15 is 0 Å². The zero-order chi connectivity index (χ0) is 19.2. The molecule has 1 N–H and O–H groups in total. The monoisotopic (exact) mass is 367 g/mol. The zero-order valence-electron chi connectivity index (χ0n) is 14.0. The van der Waals surface area contributed by atoms with Crippen molar-refractivity contribution in [2.75, 3.05) is 12.4 Å². The second-order valence-corrected chi connectivity index (χ2v) is 5.12. The number of pyridine rings is 1. The highest BCUT2D eigenvalue weighted by molar-refractivity contribution is 5.89. The summed E-state index contributed by atoms with van der Waals surface area (Å²) in [4.78, 5) is 34.0. The van der Waals surface area contributed by atoms with Gasteiger partial charge in [0.2, 0.25) is 5.82 Å². The number of rotatable bonds is 6. The van der Waals surface area contributed by atoms with Crippen molar-refractivity contribution in [2.45, 2.75) is 0 Å². The molecule has 0 aliphatic rings. The summed E-state index contributed by atoms with van der Waals surface area (Å²) in [6.07, 6.45) is 4.10. The molecule has 0 atom stereocenters. The van der Waals surface area contributed by atoms with Crippen molar-refractivity contribution in [1.29, 1.82) is 0 Å². The Morgan fingerprint density at radius 3 is 2.59 bits per heavy atom. The molecule has 0 aliphatic heterocycles. The Balaban J connectivity index is 1.90. The maximum Gasteiger partial charge on any atom is 0.373 e. The summed E-state index contributed by atoms with van der Waals surface area (Å²) in [5.41, 5.74) is 0.399. The standard InChI is InChI=1S/C17H13N5O5/c1-26-17(23)11-4-6-12(7-5-11)21-15-14(22(24)25)16(20-10-19-15)27-13-3-2-8-18-9-13/h2-10H,1H3,(H,19,20,21). The fourth-order valence-corrected chi connectivity index (χ4v) is 2.16. The van der Waals surface area contributed by atoms with Gasteiger partial charge in [-0.15, -0.1) is 0 Å². The molecule has 2 heterocycles. The predicted octanol–water partition coefficient (Wildman–Crippen LogP) is 3.10. The number of aromatic nitrogens is 3. The fourth-order valence-electron chi connectivity index (χ4n) is 2.16. The Morgan fingerprint density at radius 1 is 1.19 bits per heavy atom. The number of carbonyl (C=O) groups is 1. The van der Waals surface area contributed by atoms with E-state index in [1.807, 2.05) is 0 Å². The number of ether oxygens (including phenoxy) is 2. The first-order valence-corrected chi connectivity index (χ1v) is 7.61. The molecule has 0 saturated carbocycles. The molecular formula is C17H13N5O5. The third-order valence-corrected chi connectivity index (χ3v) is 3.39. The van der Waals surface area contributed by atoms with Crippen molar-refractivity contribution < 1.29 is 19.2 Å². The number of methoxy groups -OCH3 is 1. The van der Waals surface area contributed by atoms with E-state index in [0.717, 1.165) is 6.33 Å². The van der Waals surface area contributed by atoms with E-state index in [4.69, 9.17) is 4.74 Å². The first-order chi connectivity index (χ1) is 13.1. The van der Waals surface area contributed by atoms with Crippen molar-refractivity contribution in [3.63, 3.8) is 0 Å². The van der Waals surface area contributed by atoms with Crippen LogP contribution in [0, 0.1) is 10.1 Å². The van der Waals surface area contributed by atoms with E-state index in [0.29, 0.717) is 17.0 Å². The summed E-state index contributed by atoms with van der Waals surface area (Å²) in [6.45, 7) is 0. The molecular weight excluding hydrogens is 354 g/mol. The number of hydrogen-bond donors (Lipinski definition) is 1. The highest BCUT2D eigenvalue weighted by Gasteiger charge is 2.25. The molecule has 3 aromatic rings. The minimum absolute atomic E-state index is 0.0558. The van der Waals surface area contributed by atoms with Crippen LogP contribution in [0.3, 0.4) is 0 Å². The molecule has 10 nitrogen and oxygen atoms in total. The second-order valence-electron chi connectivity index (χ2n) is 5.12. The topological polar surface area (TPSA) is 129 Å². The first kappa shape index (κ1) is 17.7. The summed E-state index contributed by atoms with van der Waals surface area (Å²) in [6, 6.07) is 9.41. The van der Waals surface area contributed by atoms with Crippen LogP contribution in [0.2, 0.25) is 0 Å². The van der Waals surface area contributed by atoms with Crippen molar-refractivity contribution in [1.82, 2.24) is 15.0 Å². The van der Waals surface area contributed by atoms with Crippen molar-refractivity contribution in [3.05, 3.63) is 70.8 Å². The van der Waals surface area contributed by atoms with Crippen LogP contribution in [0.4, 0.5) is 17.2 Å². The highest BCUT2D eigenvalue weighted by Crippen LogP contribution is 2.35. The maximum absolute atomic E-state index is 11.5. The molecule has 0 bridgehead atoms. The van der Waals surface area contributed by atoms with Gasteiger partial charge >= 0.3 is 17.5 Å². The molecule has 0 spiro atoms. The molecule has 0 aliphatic carbocycles. The van der Waals surface area contributed by atoms with Gasteiger partial charge in [0.05, 0.1) is 23.8 Å². The van der Waals surface area contributed by atoms with Crippen molar-refractivity contribution in [3.8, 4) is 11.6 Å². The Morgan fingerprint density at radius 2 is 1.96 bits per heavy atom. The molecule has 2 aromatic heterocycles. The molecule has 0 fully saturated rings. The van der Waals surface area contributed by atoms with E-state index in [1.54, 1.807) is 30.5 Å². The van der Waals surface area contributed by atoms with Crippen LogP contribution in [0.5, 0.6) is 11.6 Å². The SMILES string of the molecule is COC(=O)c1ccc(Nc2ncnc(Oc3cccnc3)c2[N+](=O)[O-])cc1. The maximum atomic E-state index is 11.5. The molecule has 136 valence electrons. The van der Waals surface area contributed by atoms with E-state index in [9.17, 15) is 14.9 Å². The molecule has 0 amide bonds. The van der Waals surface area contributed by atoms with Gasteiger partial charge in [0.25, 0.3) is 0 Å². The molecule has 27 heavy (non-hydrogen) atoms. The second kappa shape index (κ2) is 7.87. The van der Waals surface area contributed by atoms with Crippen LogP contribution in [-0.2, 0) is 4.74 Å². The highest BCUT2D eigenvalue weighted by atomic mass is 16.6. The predicted molar refractivity (Wildman–Crippen MR) is 94.1 cm³/mol. The lowest BCUT2D eigenvalue weighted by atomic mass is 10.2. The number of carbonyl (C=O) groups excluding carboxylic acids is 1. The van der Waals surface area contributed by atoms with Gasteiger partial charge in [-0.05, 0) is 36.4 Å². The normalized spacial score (nSPS) is 10.1. The Labute approximate surface area is 153 Å². The lowest BCUT2D eigenvalue weighted by molar-refractivity contribution is -0.385. The van der Waals surface area contributed by atoms with Gasteiger partial charge in [-0.25, -0.2) is 9.78 Å². The van der Waals surface area contributed by atoms with E-state index in [-0.39, 0.29) is 11.7 Å². The minimum atomic E-state index is -0.642. The number of nitro groups is 1. The average molecular weight is 367 g/mol. The van der Waals surface area contributed by atoms with Gasteiger partial charge in [0, 0.05) is 11.9 Å². The molecule has 10 heteroatoms. The molecule has 0 saturated heterocycles. The van der Waals surface area contributed by atoms with Crippen molar-refractivity contribution in [2.24, 2.45) is 0 Å². The summed E-state index contributed by atoms with van der Waals surface area (Å²) in [5.74, 6) is -0.467. The average Bonchev–Trinajstić information content (AvgIpc) is 2.68. The Kier molecular flexibility index (Phi) is 5.17. The largest absolute Gasteiger partial charge is 0.465 e. The Bertz CT molecular complexity index is 963. The van der Waals surface area contributed by atoms with Crippen LogP contribution in [0.15, 0.2) is 55.1 Å². The van der Waals surface area contributed by atoms with Crippen LogP contribution in [0.25, 0.3) is 0 Å². The van der Waals surface area contributed by atoms with E-state index in [1.165, 1.54) is 25.4 Å². The van der Waals surface area contributed by atoms with E-state index in [2.05, 4.69) is 25.0 Å². The minimum Gasteiger partial charge on any atom is -0.465 e. The quantitative estimate of drug-likeness (QED) is 0.397. The zero-order valence-corrected chi connectivity index (χ0v) is 14.0. The van der Waals surface area contributed by atoms with Gasteiger partial charge in [-0.3, -0.25) is 15.1 Å². The van der Waals surface area contributed by atoms with Gasteiger partial charge in [0.15, 0.2) is 0 Å². The van der Waals surface area contributed by atoms with Crippen molar-refractivity contribution >= 4 is 23.2 Å². The number of hydrogen-bond acceptors (Lipinski definition) is 9. The summed E-state index contributed by atoms with van der Waals surface area (Å²) in [7, 11) is 1.28. The molecule has 0 radical (unpaired) electrons. The van der Waals surface area contributed by atoms with Gasteiger partial charge in [-0.1, -0.05) is 0 Å². The first-order valence-electron chi connectivity index (χ1n) is 7.61. The van der Waals surface area contributed by atoms with E-state index < -0.39 is 16.6 Å². The smallest absolute Gasteiger partial charge is 0.373 e. The number of anilines is 2. The van der Waals surface area contributed by atoms with Crippen LogP contribution in [0.1, 0.15) is 10.4 Å². The van der Waals surface area contributed by atoms with Crippen LogP contribution >= 0.6 is 0 Å². The number of esters is 1. The number of benzene rings is 1. The summed E-state index contributed by atoms with van der Waals surface area (Å²) < 4.78 is 10.1. The fraction of sp³-hybridized carbons (Fsp3) is 0.0588. The van der Waals surface area contributed by atoms with Crippen LogP contribution in [-0.4, -0.2) is 33.0 Å².